The Morgan fingerprint density at radius 1 is 0.871 bits per heavy atom. The molecule has 1 amide bonds. The van der Waals surface area contributed by atoms with E-state index in [0.29, 0.717) is 5.56 Å². The summed E-state index contributed by atoms with van der Waals surface area (Å²) in [5.41, 5.74) is 0.368. The standard InChI is InChI=1S/C23H24F2N2O3S/c1-14(2)22(23(28)26-15(3)17-9-11-20(24)21(25)13-17)27-31(29,30)19-10-8-16-6-4-5-7-18(16)12-19/h4-15,22,27H,1-3H3,(H,26,28). The molecule has 0 spiro atoms. The molecule has 164 valence electrons. The summed E-state index contributed by atoms with van der Waals surface area (Å²) in [5.74, 6) is -2.91. The Balaban J connectivity index is 1.80. The first-order chi connectivity index (χ1) is 14.6. The van der Waals surface area contributed by atoms with Crippen LogP contribution in [0.1, 0.15) is 32.4 Å². The predicted molar refractivity (Wildman–Crippen MR) is 116 cm³/mol. The number of benzene rings is 3. The van der Waals surface area contributed by atoms with Crippen LogP contribution in [0.3, 0.4) is 0 Å². The van der Waals surface area contributed by atoms with Crippen molar-refractivity contribution < 1.29 is 22.0 Å². The van der Waals surface area contributed by atoms with Gasteiger partial charge in [0.1, 0.15) is 6.04 Å². The van der Waals surface area contributed by atoms with Crippen molar-refractivity contribution in [2.24, 2.45) is 5.92 Å². The zero-order valence-corrected chi connectivity index (χ0v) is 18.2. The molecule has 3 aromatic rings. The summed E-state index contributed by atoms with van der Waals surface area (Å²) in [4.78, 5) is 12.9. The van der Waals surface area contributed by atoms with Crippen molar-refractivity contribution in [3.63, 3.8) is 0 Å². The lowest BCUT2D eigenvalue weighted by Crippen LogP contribution is -2.50. The molecule has 0 aliphatic carbocycles. The predicted octanol–water partition coefficient (Wildman–Crippen LogP) is 4.30. The normalized spacial score (nSPS) is 13.9. The van der Waals surface area contributed by atoms with E-state index in [1.165, 1.54) is 12.1 Å². The molecule has 2 N–H and O–H groups in total. The first-order valence-electron chi connectivity index (χ1n) is 9.85. The third-order valence-electron chi connectivity index (χ3n) is 5.06. The molecule has 0 bridgehead atoms. The van der Waals surface area contributed by atoms with Crippen molar-refractivity contribution in [2.45, 2.75) is 37.8 Å². The van der Waals surface area contributed by atoms with E-state index in [1.807, 2.05) is 24.3 Å². The molecule has 5 nitrogen and oxygen atoms in total. The molecule has 0 aromatic heterocycles. The molecule has 0 fully saturated rings. The molecule has 8 heteroatoms. The lowest BCUT2D eigenvalue weighted by molar-refractivity contribution is -0.124. The summed E-state index contributed by atoms with van der Waals surface area (Å²) in [6.45, 7) is 5.05. The molecular formula is C23H24F2N2O3S. The van der Waals surface area contributed by atoms with Crippen molar-refractivity contribution in [1.82, 2.24) is 10.0 Å². The van der Waals surface area contributed by atoms with Crippen LogP contribution in [0.2, 0.25) is 0 Å². The summed E-state index contributed by atoms with van der Waals surface area (Å²) in [6, 6.07) is 13.8. The molecule has 0 aliphatic heterocycles. The topological polar surface area (TPSA) is 75.3 Å². The highest BCUT2D eigenvalue weighted by atomic mass is 32.2. The molecule has 0 heterocycles. The van der Waals surface area contributed by atoms with Gasteiger partial charge in [-0.05, 0) is 53.4 Å². The van der Waals surface area contributed by atoms with Gasteiger partial charge >= 0.3 is 0 Å². The third-order valence-corrected chi connectivity index (χ3v) is 6.50. The lowest BCUT2D eigenvalue weighted by atomic mass is 10.0. The maximum atomic E-state index is 13.5. The lowest BCUT2D eigenvalue weighted by Gasteiger charge is -2.24. The SMILES string of the molecule is CC(NC(=O)C(NS(=O)(=O)c1ccc2ccccc2c1)C(C)C)c1ccc(F)c(F)c1. The number of fused-ring (bicyclic) bond motifs is 1. The summed E-state index contributed by atoms with van der Waals surface area (Å²) in [5, 5.41) is 4.34. The van der Waals surface area contributed by atoms with Gasteiger partial charge in [0.2, 0.25) is 15.9 Å². The van der Waals surface area contributed by atoms with E-state index in [1.54, 1.807) is 32.9 Å². The Morgan fingerprint density at radius 2 is 1.55 bits per heavy atom. The Kier molecular flexibility index (Phi) is 6.71. The third kappa shape index (κ3) is 5.26. The van der Waals surface area contributed by atoms with E-state index in [9.17, 15) is 22.0 Å². The van der Waals surface area contributed by atoms with Gasteiger partial charge in [-0.2, -0.15) is 4.72 Å². The largest absolute Gasteiger partial charge is 0.348 e. The number of hydrogen-bond donors (Lipinski definition) is 2. The molecule has 0 saturated heterocycles. The van der Waals surface area contributed by atoms with Crippen LogP contribution in [-0.4, -0.2) is 20.4 Å². The second-order valence-corrected chi connectivity index (χ2v) is 9.47. The molecule has 2 atom stereocenters. The van der Waals surface area contributed by atoms with Gasteiger partial charge in [-0.3, -0.25) is 4.79 Å². The Labute approximate surface area is 180 Å². The van der Waals surface area contributed by atoms with E-state index in [2.05, 4.69) is 10.0 Å². The van der Waals surface area contributed by atoms with Crippen molar-refractivity contribution in [3.05, 3.63) is 77.9 Å². The average Bonchev–Trinajstić information content (AvgIpc) is 2.73. The fourth-order valence-electron chi connectivity index (χ4n) is 3.23. The minimum atomic E-state index is -3.97. The molecule has 3 rings (SSSR count). The highest BCUT2D eigenvalue weighted by Crippen LogP contribution is 2.21. The number of rotatable bonds is 7. The number of carbonyl (C=O) groups is 1. The number of nitrogens with one attached hydrogen (secondary N) is 2. The zero-order chi connectivity index (χ0) is 22.8. The highest BCUT2D eigenvalue weighted by Gasteiger charge is 2.29. The van der Waals surface area contributed by atoms with Gasteiger partial charge in [0.05, 0.1) is 10.9 Å². The summed E-state index contributed by atoms with van der Waals surface area (Å²) in [7, 11) is -3.97. The van der Waals surface area contributed by atoms with E-state index >= 15 is 0 Å². The molecule has 0 saturated carbocycles. The molecule has 0 radical (unpaired) electrons. The molecule has 3 aromatic carbocycles. The van der Waals surface area contributed by atoms with Gasteiger partial charge in [-0.1, -0.05) is 50.2 Å². The Morgan fingerprint density at radius 3 is 2.19 bits per heavy atom. The van der Waals surface area contributed by atoms with Crippen LogP contribution in [0.5, 0.6) is 0 Å². The number of halogens is 2. The zero-order valence-electron chi connectivity index (χ0n) is 17.4. The minimum absolute atomic E-state index is 0.0540. The van der Waals surface area contributed by atoms with Crippen molar-refractivity contribution in [3.8, 4) is 0 Å². The molecule has 31 heavy (non-hydrogen) atoms. The van der Waals surface area contributed by atoms with Gasteiger partial charge in [-0.25, -0.2) is 17.2 Å². The van der Waals surface area contributed by atoms with Crippen molar-refractivity contribution >= 4 is 26.7 Å². The smallest absolute Gasteiger partial charge is 0.241 e. The van der Waals surface area contributed by atoms with E-state index in [0.717, 1.165) is 22.9 Å². The molecule has 0 aliphatic rings. The number of hydrogen-bond acceptors (Lipinski definition) is 3. The van der Waals surface area contributed by atoms with Gasteiger partial charge < -0.3 is 5.32 Å². The van der Waals surface area contributed by atoms with E-state index < -0.39 is 39.6 Å². The van der Waals surface area contributed by atoms with Crippen LogP contribution in [0, 0.1) is 17.6 Å². The second-order valence-electron chi connectivity index (χ2n) is 7.76. The first kappa shape index (κ1) is 22.8. The fraction of sp³-hybridized carbons (Fsp3) is 0.261. The van der Waals surface area contributed by atoms with Gasteiger partial charge in [0, 0.05) is 0 Å². The fourth-order valence-corrected chi connectivity index (χ4v) is 4.61. The Bertz CT molecular complexity index is 1210. The van der Waals surface area contributed by atoms with E-state index in [-0.39, 0.29) is 10.8 Å². The highest BCUT2D eigenvalue weighted by molar-refractivity contribution is 7.89. The maximum Gasteiger partial charge on any atom is 0.241 e. The second kappa shape index (κ2) is 9.11. The average molecular weight is 447 g/mol. The van der Waals surface area contributed by atoms with Gasteiger partial charge in [0.25, 0.3) is 0 Å². The summed E-state index contributed by atoms with van der Waals surface area (Å²) >= 11 is 0. The molecule has 2 unspecified atom stereocenters. The van der Waals surface area contributed by atoms with Crippen LogP contribution in [0.4, 0.5) is 8.78 Å². The van der Waals surface area contributed by atoms with Crippen molar-refractivity contribution in [1.29, 1.82) is 0 Å². The summed E-state index contributed by atoms with van der Waals surface area (Å²) in [6.07, 6.45) is 0. The van der Waals surface area contributed by atoms with Crippen LogP contribution < -0.4 is 10.0 Å². The number of carbonyl (C=O) groups excluding carboxylic acids is 1. The molecular weight excluding hydrogens is 422 g/mol. The monoisotopic (exact) mass is 446 g/mol. The first-order valence-corrected chi connectivity index (χ1v) is 11.3. The minimum Gasteiger partial charge on any atom is -0.348 e. The Hall–Kier alpha value is -2.84. The number of amides is 1. The maximum absolute atomic E-state index is 13.5. The summed E-state index contributed by atoms with van der Waals surface area (Å²) < 4.78 is 55.0. The van der Waals surface area contributed by atoms with Gasteiger partial charge in [-0.15, -0.1) is 0 Å². The van der Waals surface area contributed by atoms with Crippen molar-refractivity contribution in [2.75, 3.05) is 0 Å². The van der Waals surface area contributed by atoms with Gasteiger partial charge in [0.15, 0.2) is 11.6 Å². The number of sulfonamides is 1. The van der Waals surface area contributed by atoms with Crippen LogP contribution in [0.25, 0.3) is 10.8 Å². The van der Waals surface area contributed by atoms with E-state index in [4.69, 9.17) is 0 Å². The van der Waals surface area contributed by atoms with Crippen LogP contribution >= 0.6 is 0 Å². The quantitative estimate of drug-likeness (QED) is 0.568. The van der Waals surface area contributed by atoms with Crippen LogP contribution in [-0.2, 0) is 14.8 Å². The van der Waals surface area contributed by atoms with Crippen LogP contribution in [0.15, 0.2) is 65.6 Å².